The summed E-state index contributed by atoms with van der Waals surface area (Å²) in [6.07, 6.45) is 1.67. The standard InChI is InChI=1S/C11H11BrN2O2/c1-5-8(6(2)15)9-7(12)4-14(3)11(16)10(9)13-5/h4,13H,1-3H3. The monoisotopic (exact) mass is 282 g/mol. The van der Waals surface area contributed by atoms with Crippen LogP contribution in [-0.4, -0.2) is 15.3 Å². The van der Waals surface area contributed by atoms with Crippen molar-refractivity contribution in [3.8, 4) is 0 Å². The van der Waals surface area contributed by atoms with Gasteiger partial charge >= 0.3 is 0 Å². The minimum absolute atomic E-state index is 0.0438. The summed E-state index contributed by atoms with van der Waals surface area (Å²) in [5.74, 6) is -0.0438. The SMILES string of the molecule is CC(=O)c1c(C)[nH]c2c(=O)n(C)cc(Br)c12. The predicted octanol–water partition coefficient (Wildman–Crippen LogP) is 2.14. The Balaban J connectivity index is 3.07. The quantitative estimate of drug-likeness (QED) is 0.815. The number of carbonyl (C=O) groups is 1. The first-order valence-corrected chi connectivity index (χ1v) is 5.61. The van der Waals surface area contributed by atoms with Gasteiger partial charge in [0, 0.05) is 34.4 Å². The number of aromatic amines is 1. The van der Waals surface area contributed by atoms with Crippen LogP contribution in [0.5, 0.6) is 0 Å². The number of ketones is 1. The number of Topliss-reactive ketones (excluding diaryl/α,β-unsaturated/α-hetero) is 1. The molecule has 2 aromatic heterocycles. The van der Waals surface area contributed by atoms with Gasteiger partial charge in [0.15, 0.2) is 5.78 Å². The maximum atomic E-state index is 11.9. The van der Waals surface area contributed by atoms with Crippen LogP contribution in [0.1, 0.15) is 23.0 Å². The van der Waals surface area contributed by atoms with Gasteiger partial charge in [-0.2, -0.15) is 0 Å². The Labute approximate surface area is 100 Å². The number of pyridine rings is 1. The molecule has 4 nitrogen and oxygen atoms in total. The van der Waals surface area contributed by atoms with E-state index in [0.717, 1.165) is 10.2 Å². The Kier molecular flexibility index (Phi) is 2.50. The molecule has 0 bridgehead atoms. The largest absolute Gasteiger partial charge is 0.353 e. The van der Waals surface area contributed by atoms with Gasteiger partial charge in [-0.25, -0.2) is 0 Å². The molecule has 2 rings (SSSR count). The van der Waals surface area contributed by atoms with Crippen LogP contribution in [0.4, 0.5) is 0 Å². The summed E-state index contributed by atoms with van der Waals surface area (Å²) >= 11 is 3.38. The second-order valence-electron chi connectivity index (χ2n) is 3.82. The van der Waals surface area contributed by atoms with Crippen LogP contribution in [0.2, 0.25) is 0 Å². The van der Waals surface area contributed by atoms with E-state index in [1.807, 2.05) is 0 Å². The van der Waals surface area contributed by atoms with Gasteiger partial charge in [0.1, 0.15) is 5.52 Å². The van der Waals surface area contributed by atoms with Gasteiger partial charge in [-0.3, -0.25) is 9.59 Å². The number of H-pyrrole nitrogens is 1. The predicted molar refractivity (Wildman–Crippen MR) is 66.0 cm³/mol. The Hall–Kier alpha value is -1.36. The number of nitrogens with zero attached hydrogens (tertiary/aromatic N) is 1. The smallest absolute Gasteiger partial charge is 0.274 e. The van der Waals surface area contributed by atoms with Gasteiger partial charge in [-0.05, 0) is 29.8 Å². The third-order valence-electron chi connectivity index (χ3n) is 2.62. The normalized spacial score (nSPS) is 11.0. The molecule has 0 amide bonds. The van der Waals surface area contributed by atoms with E-state index in [1.165, 1.54) is 11.5 Å². The Morgan fingerprint density at radius 1 is 1.50 bits per heavy atom. The van der Waals surface area contributed by atoms with Crippen molar-refractivity contribution in [3.05, 3.63) is 32.3 Å². The number of fused-ring (bicyclic) bond motifs is 1. The van der Waals surface area contributed by atoms with Crippen LogP contribution in [-0.2, 0) is 7.05 Å². The Morgan fingerprint density at radius 2 is 2.12 bits per heavy atom. The van der Waals surface area contributed by atoms with Crippen molar-refractivity contribution in [2.75, 3.05) is 0 Å². The highest BCUT2D eigenvalue weighted by Crippen LogP contribution is 2.27. The molecule has 2 heterocycles. The highest BCUT2D eigenvalue weighted by molar-refractivity contribution is 9.10. The lowest BCUT2D eigenvalue weighted by molar-refractivity contribution is 0.101. The summed E-state index contributed by atoms with van der Waals surface area (Å²) in [6.45, 7) is 3.29. The highest BCUT2D eigenvalue weighted by atomic mass is 79.9. The molecule has 0 fully saturated rings. The zero-order valence-corrected chi connectivity index (χ0v) is 10.8. The van der Waals surface area contributed by atoms with E-state index in [4.69, 9.17) is 0 Å². The summed E-state index contributed by atoms with van der Waals surface area (Å²) in [5, 5.41) is 0.674. The molecule has 0 aliphatic carbocycles. The fourth-order valence-corrected chi connectivity index (χ4v) is 2.64. The maximum absolute atomic E-state index is 11.9. The van der Waals surface area contributed by atoms with Crippen LogP contribution in [0, 0.1) is 6.92 Å². The number of aryl methyl sites for hydroxylation is 2. The van der Waals surface area contributed by atoms with E-state index in [-0.39, 0.29) is 11.3 Å². The van der Waals surface area contributed by atoms with E-state index in [0.29, 0.717) is 16.5 Å². The molecule has 0 spiro atoms. The Bertz CT molecular complexity index is 652. The van der Waals surface area contributed by atoms with Crippen LogP contribution in [0.3, 0.4) is 0 Å². The minimum Gasteiger partial charge on any atom is -0.353 e. The number of carbonyl (C=O) groups excluding carboxylic acids is 1. The third-order valence-corrected chi connectivity index (χ3v) is 3.22. The summed E-state index contributed by atoms with van der Waals surface area (Å²) in [5.41, 5.74) is 1.65. The van der Waals surface area contributed by atoms with E-state index in [2.05, 4.69) is 20.9 Å². The average molecular weight is 283 g/mol. The number of hydrogen-bond donors (Lipinski definition) is 1. The second kappa shape index (κ2) is 3.59. The molecular weight excluding hydrogens is 272 g/mol. The maximum Gasteiger partial charge on any atom is 0.274 e. The highest BCUT2D eigenvalue weighted by Gasteiger charge is 2.17. The summed E-state index contributed by atoms with van der Waals surface area (Å²) in [4.78, 5) is 26.4. The van der Waals surface area contributed by atoms with Gasteiger partial charge in [-0.15, -0.1) is 0 Å². The van der Waals surface area contributed by atoms with Gasteiger partial charge in [0.2, 0.25) is 0 Å². The first-order chi connectivity index (χ1) is 7.43. The van der Waals surface area contributed by atoms with Crippen molar-refractivity contribution >= 4 is 32.6 Å². The van der Waals surface area contributed by atoms with Crippen LogP contribution in [0.25, 0.3) is 10.9 Å². The van der Waals surface area contributed by atoms with Crippen molar-refractivity contribution in [3.63, 3.8) is 0 Å². The van der Waals surface area contributed by atoms with Gasteiger partial charge < -0.3 is 9.55 Å². The fourth-order valence-electron chi connectivity index (χ4n) is 1.93. The molecule has 84 valence electrons. The van der Waals surface area contributed by atoms with Crippen molar-refractivity contribution in [2.24, 2.45) is 7.05 Å². The molecule has 0 aliphatic rings. The molecule has 1 N–H and O–H groups in total. The van der Waals surface area contributed by atoms with Crippen molar-refractivity contribution < 1.29 is 4.79 Å². The summed E-state index contributed by atoms with van der Waals surface area (Å²) in [6, 6.07) is 0. The van der Waals surface area contributed by atoms with Crippen LogP contribution < -0.4 is 5.56 Å². The molecule has 0 saturated heterocycles. The zero-order chi connectivity index (χ0) is 12.0. The molecule has 2 aromatic rings. The number of hydrogen-bond acceptors (Lipinski definition) is 2. The van der Waals surface area contributed by atoms with Crippen molar-refractivity contribution in [1.29, 1.82) is 0 Å². The van der Waals surface area contributed by atoms with E-state index in [1.54, 1.807) is 20.2 Å². The second-order valence-corrected chi connectivity index (χ2v) is 4.68. The summed E-state index contributed by atoms with van der Waals surface area (Å²) < 4.78 is 2.23. The molecule has 0 atom stereocenters. The number of halogens is 1. The van der Waals surface area contributed by atoms with Crippen molar-refractivity contribution in [1.82, 2.24) is 9.55 Å². The lowest BCUT2D eigenvalue weighted by atomic mass is 10.1. The minimum atomic E-state index is -0.131. The molecule has 0 aromatic carbocycles. The van der Waals surface area contributed by atoms with E-state index in [9.17, 15) is 9.59 Å². The zero-order valence-electron chi connectivity index (χ0n) is 9.22. The summed E-state index contributed by atoms with van der Waals surface area (Å²) in [7, 11) is 1.68. The van der Waals surface area contributed by atoms with Crippen LogP contribution in [0.15, 0.2) is 15.5 Å². The molecule has 0 unspecified atom stereocenters. The first kappa shape index (κ1) is 11.1. The molecule has 0 aliphatic heterocycles. The van der Waals surface area contributed by atoms with Gasteiger partial charge in [-0.1, -0.05) is 0 Å². The lowest BCUT2D eigenvalue weighted by Crippen LogP contribution is -2.16. The number of rotatable bonds is 1. The molecule has 0 saturated carbocycles. The van der Waals surface area contributed by atoms with E-state index >= 15 is 0 Å². The molecular formula is C11H11BrN2O2. The average Bonchev–Trinajstić information content (AvgIpc) is 2.52. The molecule has 16 heavy (non-hydrogen) atoms. The fraction of sp³-hybridized carbons (Fsp3) is 0.273. The van der Waals surface area contributed by atoms with E-state index < -0.39 is 0 Å². The van der Waals surface area contributed by atoms with Crippen LogP contribution >= 0.6 is 15.9 Å². The first-order valence-electron chi connectivity index (χ1n) is 4.81. The molecule has 0 radical (unpaired) electrons. The number of nitrogens with one attached hydrogen (secondary N) is 1. The Morgan fingerprint density at radius 3 is 2.69 bits per heavy atom. The number of aromatic nitrogens is 2. The van der Waals surface area contributed by atoms with Crippen molar-refractivity contribution in [2.45, 2.75) is 13.8 Å². The van der Waals surface area contributed by atoms with Gasteiger partial charge in [0.05, 0.1) is 0 Å². The van der Waals surface area contributed by atoms with Gasteiger partial charge in [0.25, 0.3) is 5.56 Å². The molecule has 5 heteroatoms. The topological polar surface area (TPSA) is 54.9 Å². The third kappa shape index (κ3) is 1.43. The lowest BCUT2D eigenvalue weighted by Gasteiger charge is -2.01.